The summed E-state index contributed by atoms with van der Waals surface area (Å²) in [5.41, 5.74) is 4.10. The molecule has 1 aromatic heterocycles. The van der Waals surface area contributed by atoms with Crippen LogP contribution in [0.4, 0.5) is 0 Å². The Hall–Kier alpha value is -0.670. The molecule has 0 amide bonds. The van der Waals surface area contributed by atoms with E-state index in [4.69, 9.17) is 4.98 Å². The van der Waals surface area contributed by atoms with Gasteiger partial charge >= 0.3 is 0 Å². The quantitative estimate of drug-likeness (QED) is 0.633. The molecule has 1 aromatic carbocycles. The number of halogens is 1. The molecule has 0 aliphatic heterocycles. The summed E-state index contributed by atoms with van der Waals surface area (Å²) in [5, 5.41) is 4.49. The molecule has 21 heavy (non-hydrogen) atoms. The minimum atomic E-state index is 0.148. The van der Waals surface area contributed by atoms with Gasteiger partial charge < -0.3 is 0 Å². The Balaban J connectivity index is 2.02. The van der Waals surface area contributed by atoms with Gasteiger partial charge in [-0.15, -0.1) is 11.3 Å². The van der Waals surface area contributed by atoms with Gasteiger partial charge in [-0.1, -0.05) is 66.5 Å². The number of alkyl halides is 1. The van der Waals surface area contributed by atoms with Crippen molar-refractivity contribution >= 4 is 27.3 Å². The summed E-state index contributed by atoms with van der Waals surface area (Å²) in [6.45, 7) is 8.80. The van der Waals surface area contributed by atoms with Crippen molar-refractivity contribution in [1.29, 1.82) is 0 Å². The van der Waals surface area contributed by atoms with E-state index in [9.17, 15) is 0 Å². The highest BCUT2D eigenvalue weighted by Gasteiger charge is 2.19. The second-order valence-electron chi connectivity index (χ2n) is 6.79. The Morgan fingerprint density at radius 2 is 1.81 bits per heavy atom. The molecule has 0 aliphatic carbocycles. The van der Waals surface area contributed by atoms with Gasteiger partial charge in [-0.3, -0.25) is 0 Å². The van der Waals surface area contributed by atoms with E-state index in [-0.39, 0.29) is 5.41 Å². The van der Waals surface area contributed by atoms with E-state index in [0.29, 0.717) is 5.92 Å². The third kappa shape index (κ3) is 4.93. The maximum absolute atomic E-state index is 4.82. The van der Waals surface area contributed by atoms with Gasteiger partial charge in [0.1, 0.15) is 0 Å². The van der Waals surface area contributed by atoms with Crippen molar-refractivity contribution in [2.24, 2.45) is 5.92 Å². The zero-order valence-electron chi connectivity index (χ0n) is 13.3. The lowest BCUT2D eigenvalue weighted by molar-refractivity contribution is 0.558. The molecular weight excluding hydrogens is 342 g/mol. The summed E-state index contributed by atoms with van der Waals surface area (Å²) >= 11 is 5.47. The highest BCUT2D eigenvalue weighted by atomic mass is 79.9. The van der Waals surface area contributed by atoms with E-state index in [1.165, 1.54) is 21.8 Å². The van der Waals surface area contributed by atoms with E-state index in [2.05, 4.69) is 73.3 Å². The van der Waals surface area contributed by atoms with Crippen molar-refractivity contribution in [3.8, 4) is 0 Å². The number of rotatable bonds is 5. The maximum Gasteiger partial charge on any atom is 0.0931 e. The number of thiazole rings is 1. The van der Waals surface area contributed by atoms with Crippen LogP contribution in [-0.4, -0.2) is 10.3 Å². The first-order valence-corrected chi connectivity index (χ1v) is 9.45. The number of aromatic nitrogens is 1. The van der Waals surface area contributed by atoms with Crippen molar-refractivity contribution in [1.82, 2.24) is 4.98 Å². The fraction of sp³-hybridized carbons (Fsp3) is 0.500. The summed E-state index contributed by atoms with van der Waals surface area (Å²) in [6, 6.07) is 8.88. The molecule has 0 N–H and O–H groups in total. The maximum atomic E-state index is 4.82. The van der Waals surface area contributed by atoms with Crippen molar-refractivity contribution in [2.75, 3.05) is 5.33 Å². The number of nitrogens with zero attached hydrogens (tertiary/aromatic N) is 1. The van der Waals surface area contributed by atoms with Crippen LogP contribution in [0.3, 0.4) is 0 Å². The van der Waals surface area contributed by atoms with Crippen LogP contribution in [-0.2, 0) is 18.3 Å². The molecule has 0 spiro atoms. The molecule has 0 radical (unpaired) electrons. The van der Waals surface area contributed by atoms with Crippen molar-refractivity contribution in [2.45, 2.75) is 46.0 Å². The van der Waals surface area contributed by atoms with Crippen LogP contribution in [0.1, 0.15) is 42.6 Å². The summed E-state index contributed by atoms with van der Waals surface area (Å²) < 4.78 is 0. The van der Waals surface area contributed by atoms with Gasteiger partial charge in [0.25, 0.3) is 0 Å². The third-order valence-electron chi connectivity index (χ3n) is 3.65. The topological polar surface area (TPSA) is 12.9 Å². The summed E-state index contributed by atoms with van der Waals surface area (Å²) in [7, 11) is 0. The van der Waals surface area contributed by atoms with Crippen molar-refractivity contribution in [3.63, 3.8) is 0 Å². The number of hydrogen-bond donors (Lipinski definition) is 0. The number of hydrogen-bond acceptors (Lipinski definition) is 2. The summed E-state index contributed by atoms with van der Waals surface area (Å²) in [4.78, 5) is 4.82. The lowest BCUT2D eigenvalue weighted by Crippen LogP contribution is -2.13. The largest absolute Gasteiger partial charge is 0.246 e. The standard InChI is InChI=1S/C18H24BrNS/c1-13-5-7-14(8-6-13)9-15(11-19)10-17-20-16(12-21-17)18(2,3)4/h5-8,12,15H,9-11H2,1-4H3. The van der Waals surface area contributed by atoms with Crippen LogP contribution in [0.25, 0.3) is 0 Å². The average Bonchev–Trinajstić information content (AvgIpc) is 2.89. The number of benzene rings is 1. The first-order valence-electron chi connectivity index (χ1n) is 7.45. The first kappa shape index (κ1) is 16.7. The molecule has 2 rings (SSSR count). The van der Waals surface area contributed by atoms with Gasteiger partial charge in [0.2, 0.25) is 0 Å². The highest BCUT2D eigenvalue weighted by molar-refractivity contribution is 9.09. The molecular formula is C18H24BrNS. The average molecular weight is 366 g/mol. The molecule has 0 saturated carbocycles. The molecule has 3 heteroatoms. The SMILES string of the molecule is Cc1ccc(CC(CBr)Cc2nc(C(C)(C)C)cs2)cc1. The van der Waals surface area contributed by atoms with Crippen LogP contribution in [0.5, 0.6) is 0 Å². The van der Waals surface area contributed by atoms with Gasteiger partial charge in [-0.05, 0) is 24.8 Å². The molecule has 1 heterocycles. The van der Waals surface area contributed by atoms with Gasteiger partial charge in [-0.2, -0.15) is 0 Å². The highest BCUT2D eigenvalue weighted by Crippen LogP contribution is 2.26. The van der Waals surface area contributed by atoms with Crippen LogP contribution in [0, 0.1) is 12.8 Å². The fourth-order valence-corrected chi connectivity index (χ4v) is 3.83. The molecule has 1 unspecified atom stereocenters. The van der Waals surface area contributed by atoms with E-state index in [1.54, 1.807) is 11.3 Å². The zero-order valence-corrected chi connectivity index (χ0v) is 15.7. The van der Waals surface area contributed by atoms with E-state index >= 15 is 0 Å². The van der Waals surface area contributed by atoms with Crippen LogP contribution in [0.2, 0.25) is 0 Å². The Morgan fingerprint density at radius 3 is 2.33 bits per heavy atom. The van der Waals surface area contributed by atoms with Gasteiger partial charge in [-0.25, -0.2) is 4.98 Å². The van der Waals surface area contributed by atoms with Crippen LogP contribution in [0.15, 0.2) is 29.6 Å². The molecule has 0 bridgehead atoms. The zero-order chi connectivity index (χ0) is 15.5. The Labute approximate surface area is 141 Å². The molecule has 1 nitrogen and oxygen atoms in total. The molecule has 2 aromatic rings. The second-order valence-corrected chi connectivity index (χ2v) is 8.38. The lowest BCUT2D eigenvalue weighted by Gasteiger charge is -2.15. The monoisotopic (exact) mass is 365 g/mol. The minimum Gasteiger partial charge on any atom is -0.246 e. The summed E-state index contributed by atoms with van der Waals surface area (Å²) in [5.74, 6) is 0.603. The van der Waals surface area contributed by atoms with E-state index in [1.807, 2.05) is 0 Å². The normalized spacial score (nSPS) is 13.4. The van der Waals surface area contributed by atoms with E-state index in [0.717, 1.165) is 18.2 Å². The van der Waals surface area contributed by atoms with Crippen LogP contribution < -0.4 is 0 Å². The van der Waals surface area contributed by atoms with Gasteiger partial charge in [0, 0.05) is 22.5 Å². The second kappa shape index (κ2) is 7.06. The van der Waals surface area contributed by atoms with Crippen LogP contribution >= 0.6 is 27.3 Å². The van der Waals surface area contributed by atoms with Crippen molar-refractivity contribution in [3.05, 3.63) is 51.5 Å². The number of aryl methyl sites for hydroxylation is 1. The Kier molecular flexibility index (Phi) is 5.61. The Morgan fingerprint density at radius 1 is 1.14 bits per heavy atom. The molecule has 114 valence electrons. The molecule has 0 fully saturated rings. The van der Waals surface area contributed by atoms with Crippen molar-refractivity contribution < 1.29 is 0 Å². The summed E-state index contributed by atoms with van der Waals surface area (Å²) in [6.07, 6.45) is 2.16. The smallest absolute Gasteiger partial charge is 0.0931 e. The molecule has 1 atom stereocenters. The lowest BCUT2D eigenvalue weighted by atomic mass is 9.93. The minimum absolute atomic E-state index is 0.148. The predicted octanol–water partition coefficient (Wildman–Crippen LogP) is 5.55. The van der Waals surface area contributed by atoms with E-state index < -0.39 is 0 Å². The molecule has 0 saturated heterocycles. The van der Waals surface area contributed by atoms with Gasteiger partial charge in [0.05, 0.1) is 10.7 Å². The van der Waals surface area contributed by atoms with Gasteiger partial charge in [0.15, 0.2) is 0 Å². The Bertz CT molecular complexity index is 566. The predicted molar refractivity (Wildman–Crippen MR) is 96.7 cm³/mol. The third-order valence-corrected chi connectivity index (χ3v) is 5.43. The first-order chi connectivity index (χ1) is 9.88. The fourth-order valence-electron chi connectivity index (χ4n) is 2.23. The molecule has 0 aliphatic rings.